The Labute approximate surface area is 201 Å². The zero-order chi connectivity index (χ0) is 23.5. The standard InChI is InChI=1S/C27H20ClN3O3/c28-21-7-1-4-19(14-21)17-34-22-12-10-18(11-13-22)15-29-30-25(32)16-31-24-9-3-6-20-5-2-8-23(26(20)24)27(31)33/h1-15H,16-17H2,(H,30,32)/b29-15-. The molecule has 0 fully saturated rings. The van der Waals surface area contributed by atoms with E-state index in [1.807, 2.05) is 78.9 Å². The summed E-state index contributed by atoms with van der Waals surface area (Å²) in [6, 6.07) is 26.1. The molecule has 0 aliphatic carbocycles. The summed E-state index contributed by atoms with van der Waals surface area (Å²) in [7, 11) is 0. The number of ether oxygens (including phenoxy) is 1. The molecule has 0 radical (unpaired) electrons. The van der Waals surface area contributed by atoms with Crippen molar-refractivity contribution in [3.05, 3.63) is 107 Å². The lowest BCUT2D eigenvalue weighted by Crippen LogP contribution is -2.37. The van der Waals surface area contributed by atoms with E-state index in [2.05, 4.69) is 10.5 Å². The van der Waals surface area contributed by atoms with Gasteiger partial charge in [-0.2, -0.15) is 5.10 Å². The lowest BCUT2D eigenvalue weighted by atomic mass is 10.1. The molecule has 34 heavy (non-hydrogen) atoms. The second kappa shape index (κ2) is 9.37. The summed E-state index contributed by atoms with van der Waals surface area (Å²) >= 11 is 5.99. The smallest absolute Gasteiger partial charge is 0.260 e. The molecule has 1 N–H and O–H groups in total. The summed E-state index contributed by atoms with van der Waals surface area (Å²) in [4.78, 5) is 26.7. The number of carbonyl (C=O) groups is 2. The number of anilines is 1. The highest BCUT2D eigenvalue weighted by molar-refractivity contribution is 6.30. The first kappa shape index (κ1) is 21.7. The fraction of sp³-hybridized carbons (Fsp3) is 0.0741. The van der Waals surface area contributed by atoms with Crippen molar-refractivity contribution in [3.8, 4) is 5.75 Å². The predicted octanol–water partition coefficient (Wildman–Crippen LogP) is 5.18. The van der Waals surface area contributed by atoms with E-state index in [9.17, 15) is 9.59 Å². The van der Waals surface area contributed by atoms with Gasteiger partial charge < -0.3 is 4.74 Å². The van der Waals surface area contributed by atoms with Crippen molar-refractivity contribution in [2.24, 2.45) is 5.10 Å². The summed E-state index contributed by atoms with van der Waals surface area (Å²) in [5.74, 6) is 0.151. The Bertz CT molecular complexity index is 1410. The van der Waals surface area contributed by atoms with E-state index >= 15 is 0 Å². The van der Waals surface area contributed by atoms with Gasteiger partial charge in [-0.3, -0.25) is 14.5 Å². The minimum absolute atomic E-state index is 0.111. The van der Waals surface area contributed by atoms with Crippen LogP contribution in [0.5, 0.6) is 5.75 Å². The minimum Gasteiger partial charge on any atom is -0.489 e. The zero-order valence-electron chi connectivity index (χ0n) is 18.1. The van der Waals surface area contributed by atoms with Gasteiger partial charge in [-0.1, -0.05) is 48.0 Å². The first-order valence-electron chi connectivity index (χ1n) is 10.7. The second-order valence-corrected chi connectivity index (χ2v) is 8.29. The third-order valence-corrected chi connectivity index (χ3v) is 5.76. The molecule has 4 aromatic carbocycles. The molecule has 1 aliphatic rings. The number of nitrogens with one attached hydrogen (secondary N) is 1. The summed E-state index contributed by atoms with van der Waals surface area (Å²) in [5.41, 5.74) is 5.63. The van der Waals surface area contributed by atoms with Gasteiger partial charge in [0.2, 0.25) is 0 Å². The van der Waals surface area contributed by atoms with Crippen molar-refractivity contribution in [3.63, 3.8) is 0 Å². The van der Waals surface area contributed by atoms with Crippen LogP contribution in [0.4, 0.5) is 5.69 Å². The molecule has 2 amide bonds. The molecule has 7 heteroatoms. The molecule has 168 valence electrons. The van der Waals surface area contributed by atoms with Crippen LogP contribution >= 0.6 is 11.6 Å². The lowest BCUT2D eigenvalue weighted by molar-refractivity contribution is -0.119. The number of hydrogen-bond donors (Lipinski definition) is 1. The number of amides is 2. The van der Waals surface area contributed by atoms with E-state index < -0.39 is 0 Å². The summed E-state index contributed by atoms with van der Waals surface area (Å²) < 4.78 is 5.77. The molecule has 4 aromatic rings. The van der Waals surface area contributed by atoms with Crippen molar-refractivity contribution in [2.45, 2.75) is 6.61 Å². The van der Waals surface area contributed by atoms with Gasteiger partial charge in [0.25, 0.3) is 11.8 Å². The SMILES string of the molecule is O=C(CN1C(=O)c2cccc3cccc1c23)N/N=C\c1ccc(OCc2cccc(Cl)c2)cc1. The molecule has 0 atom stereocenters. The van der Waals surface area contributed by atoms with Crippen molar-refractivity contribution < 1.29 is 14.3 Å². The highest BCUT2D eigenvalue weighted by atomic mass is 35.5. The highest BCUT2D eigenvalue weighted by Gasteiger charge is 2.30. The topological polar surface area (TPSA) is 71.0 Å². The minimum atomic E-state index is -0.379. The van der Waals surface area contributed by atoms with Crippen molar-refractivity contribution in [2.75, 3.05) is 11.4 Å². The van der Waals surface area contributed by atoms with Crippen LogP contribution in [0.1, 0.15) is 21.5 Å². The maximum Gasteiger partial charge on any atom is 0.260 e. The van der Waals surface area contributed by atoms with E-state index in [0.29, 0.717) is 22.9 Å². The number of halogens is 1. The van der Waals surface area contributed by atoms with E-state index in [0.717, 1.165) is 27.6 Å². The molecule has 0 bridgehead atoms. The number of carbonyl (C=O) groups excluding carboxylic acids is 2. The molecule has 1 heterocycles. The van der Waals surface area contributed by atoms with Gasteiger partial charge in [-0.15, -0.1) is 0 Å². The van der Waals surface area contributed by atoms with Gasteiger partial charge in [-0.25, -0.2) is 5.43 Å². The van der Waals surface area contributed by atoms with Crippen LogP contribution in [0.15, 0.2) is 90.0 Å². The molecule has 0 saturated heterocycles. The number of nitrogens with zero attached hydrogens (tertiary/aromatic N) is 2. The second-order valence-electron chi connectivity index (χ2n) is 7.85. The van der Waals surface area contributed by atoms with Crippen LogP contribution in [-0.2, 0) is 11.4 Å². The monoisotopic (exact) mass is 469 g/mol. The van der Waals surface area contributed by atoms with E-state index in [1.54, 1.807) is 12.3 Å². The average molecular weight is 470 g/mol. The highest BCUT2D eigenvalue weighted by Crippen LogP contribution is 2.36. The Balaban J connectivity index is 1.16. The Kier molecular flexibility index (Phi) is 5.97. The predicted molar refractivity (Wildman–Crippen MR) is 134 cm³/mol. The molecular formula is C27H20ClN3O3. The van der Waals surface area contributed by atoms with E-state index in [1.165, 1.54) is 4.90 Å². The fourth-order valence-corrected chi connectivity index (χ4v) is 4.15. The number of benzene rings is 4. The number of hydrazone groups is 1. The van der Waals surface area contributed by atoms with Gasteiger partial charge in [-0.05, 0) is 65.0 Å². The molecular weight excluding hydrogens is 450 g/mol. The van der Waals surface area contributed by atoms with E-state index in [-0.39, 0.29) is 18.4 Å². The molecule has 0 aromatic heterocycles. The normalized spacial score (nSPS) is 12.5. The first-order valence-corrected chi connectivity index (χ1v) is 11.1. The maximum absolute atomic E-state index is 12.8. The molecule has 0 unspecified atom stereocenters. The van der Waals surface area contributed by atoms with Crippen LogP contribution < -0.4 is 15.1 Å². The van der Waals surface area contributed by atoms with Gasteiger partial charge >= 0.3 is 0 Å². The largest absolute Gasteiger partial charge is 0.489 e. The first-order chi connectivity index (χ1) is 16.6. The van der Waals surface area contributed by atoms with Gasteiger partial charge in [0.15, 0.2) is 0 Å². The summed E-state index contributed by atoms with van der Waals surface area (Å²) in [6.07, 6.45) is 1.54. The zero-order valence-corrected chi connectivity index (χ0v) is 18.8. The maximum atomic E-state index is 12.8. The quantitative estimate of drug-likeness (QED) is 0.299. The van der Waals surface area contributed by atoms with Gasteiger partial charge in [0, 0.05) is 16.0 Å². The summed E-state index contributed by atoms with van der Waals surface area (Å²) in [5, 5.41) is 6.55. The fourth-order valence-electron chi connectivity index (χ4n) is 3.94. The molecule has 0 spiro atoms. The Morgan fingerprint density at radius 3 is 2.56 bits per heavy atom. The van der Waals surface area contributed by atoms with Crippen LogP contribution in [-0.4, -0.2) is 24.6 Å². The van der Waals surface area contributed by atoms with Crippen molar-refractivity contribution in [1.29, 1.82) is 0 Å². The lowest BCUT2D eigenvalue weighted by Gasteiger charge is -2.16. The molecule has 1 aliphatic heterocycles. The molecule has 6 nitrogen and oxygen atoms in total. The van der Waals surface area contributed by atoms with Crippen LogP contribution in [0.25, 0.3) is 10.8 Å². The third-order valence-electron chi connectivity index (χ3n) is 5.53. The summed E-state index contributed by atoms with van der Waals surface area (Å²) in [6.45, 7) is 0.303. The van der Waals surface area contributed by atoms with Crippen molar-refractivity contribution in [1.82, 2.24) is 5.43 Å². The average Bonchev–Trinajstić information content (AvgIpc) is 3.12. The van der Waals surface area contributed by atoms with Crippen LogP contribution in [0.3, 0.4) is 0 Å². The van der Waals surface area contributed by atoms with Gasteiger partial charge in [0.1, 0.15) is 18.9 Å². The Morgan fingerprint density at radius 1 is 1.00 bits per heavy atom. The number of rotatable bonds is 7. The van der Waals surface area contributed by atoms with E-state index in [4.69, 9.17) is 16.3 Å². The van der Waals surface area contributed by atoms with Crippen LogP contribution in [0, 0.1) is 0 Å². The van der Waals surface area contributed by atoms with Crippen LogP contribution in [0.2, 0.25) is 5.02 Å². The van der Waals surface area contributed by atoms with Crippen molar-refractivity contribution >= 4 is 46.1 Å². The Hall–Kier alpha value is -4.16. The Morgan fingerprint density at radius 2 is 1.76 bits per heavy atom. The molecule has 0 saturated carbocycles. The molecule has 5 rings (SSSR count). The number of hydrogen-bond acceptors (Lipinski definition) is 4. The third kappa shape index (κ3) is 4.49. The van der Waals surface area contributed by atoms with Gasteiger partial charge in [0.05, 0.1) is 11.9 Å².